The maximum Gasteiger partial charge on any atom is 0.243 e. The quantitative estimate of drug-likeness (QED) is 0.525. The molecule has 0 spiro atoms. The van der Waals surface area contributed by atoms with Gasteiger partial charge in [-0.25, -0.2) is 5.43 Å². The van der Waals surface area contributed by atoms with Gasteiger partial charge in [0.25, 0.3) is 0 Å². The fraction of sp³-hybridized carbons (Fsp3) is 0.238. The zero-order valence-corrected chi connectivity index (χ0v) is 14.3. The Hall–Kier alpha value is -3.08. The Labute approximate surface area is 151 Å². The van der Waals surface area contributed by atoms with Crippen molar-refractivity contribution in [1.29, 1.82) is 0 Å². The molecule has 0 unspecified atom stereocenters. The number of benzene rings is 2. The van der Waals surface area contributed by atoms with Crippen LogP contribution in [-0.2, 0) is 4.79 Å². The summed E-state index contributed by atoms with van der Waals surface area (Å²) in [5, 5.41) is 4.05. The number of nitrogens with one attached hydrogen (secondary N) is 1. The van der Waals surface area contributed by atoms with Crippen molar-refractivity contribution in [2.45, 2.75) is 19.3 Å². The number of hydrogen-bond donors (Lipinski definition) is 1. The van der Waals surface area contributed by atoms with Crippen LogP contribution in [0.5, 0.6) is 0 Å². The lowest BCUT2D eigenvalue weighted by Gasteiger charge is -2.07. The molecule has 0 bridgehead atoms. The van der Waals surface area contributed by atoms with Gasteiger partial charge in [-0.1, -0.05) is 54.6 Å². The van der Waals surface area contributed by atoms with Crippen LogP contribution in [0, 0.1) is 11.8 Å². The molecule has 1 amide bonds. The maximum absolute atomic E-state index is 12.5. The van der Waals surface area contributed by atoms with Gasteiger partial charge in [0, 0.05) is 17.0 Å². The van der Waals surface area contributed by atoms with Gasteiger partial charge >= 0.3 is 0 Å². The summed E-state index contributed by atoms with van der Waals surface area (Å²) in [6.45, 7) is 1.61. The Morgan fingerprint density at radius 3 is 2.15 bits per heavy atom. The highest BCUT2D eigenvalue weighted by molar-refractivity contribution is 6.36. The van der Waals surface area contributed by atoms with E-state index in [1.807, 2.05) is 30.3 Å². The third-order valence-corrected chi connectivity index (χ3v) is 5.10. The molecule has 1 fully saturated rings. The molecule has 2 aliphatic carbocycles. The highest BCUT2D eigenvalue weighted by Gasteiger charge is 2.44. The monoisotopic (exact) mass is 346 g/mol. The first kappa shape index (κ1) is 16.4. The van der Waals surface area contributed by atoms with Gasteiger partial charge in [-0.05, 0) is 24.8 Å². The van der Waals surface area contributed by atoms with E-state index in [0.717, 1.165) is 12.0 Å². The summed E-state index contributed by atoms with van der Waals surface area (Å²) in [7, 11) is 0. The molecule has 4 rings (SSSR count). The van der Waals surface area contributed by atoms with Gasteiger partial charge in [-0.3, -0.25) is 14.4 Å². The Kier molecular flexibility index (Phi) is 3.99. The number of Topliss-reactive ketones (excluding diaryl/α,β-unsaturated/α-hetero) is 2. The van der Waals surface area contributed by atoms with Gasteiger partial charge in [-0.15, -0.1) is 0 Å². The van der Waals surface area contributed by atoms with Crippen LogP contribution in [0.25, 0.3) is 0 Å². The van der Waals surface area contributed by atoms with Crippen LogP contribution in [0.15, 0.2) is 59.7 Å². The van der Waals surface area contributed by atoms with Crippen molar-refractivity contribution in [3.8, 4) is 0 Å². The van der Waals surface area contributed by atoms with Gasteiger partial charge in [0.1, 0.15) is 5.92 Å². The highest BCUT2D eigenvalue weighted by Crippen LogP contribution is 2.47. The first-order chi connectivity index (χ1) is 12.6. The molecule has 2 aromatic carbocycles. The summed E-state index contributed by atoms with van der Waals surface area (Å²) in [6.07, 6.45) is 0.789. The predicted molar refractivity (Wildman–Crippen MR) is 97.1 cm³/mol. The molecule has 1 saturated carbocycles. The Morgan fingerprint density at radius 2 is 1.54 bits per heavy atom. The van der Waals surface area contributed by atoms with Gasteiger partial charge in [0.15, 0.2) is 11.6 Å². The van der Waals surface area contributed by atoms with Crippen molar-refractivity contribution < 1.29 is 14.4 Å². The van der Waals surface area contributed by atoms with E-state index in [4.69, 9.17) is 0 Å². The number of amides is 1. The maximum atomic E-state index is 12.5. The molecule has 0 aliphatic heterocycles. The summed E-state index contributed by atoms with van der Waals surface area (Å²) in [5.74, 6) is -1.51. The average molecular weight is 346 g/mol. The fourth-order valence-corrected chi connectivity index (χ4v) is 3.57. The van der Waals surface area contributed by atoms with Crippen LogP contribution in [0.4, 0.5) is 0 Å². The number of carbonyl (C=O) groups excluding carboxylic acids is 3. The molecular weight excluding hydrogens is 328 g/mol. The first-order valence-electron chi connectivity index (χ1n) is 8.64. The summed E-state index contributed by atoms with van der Waals surface area (Å²) >= 11 is 0. The van der Waals surface area contributed by atoms with E-state index in [1.54, 1.807) is 31.2 Å². The topological polar surface area (TPSA) is 75.6 Å². The zero-order chi connectivity index (χ0) is 18.3. The van der Waals surface area contributed by atoms with E-state index in [2.05, 4.69) is 10.5 Å². The highest BCUT2D eigenvalue weighted by atomic mass is 16.2. The molecule has 5 heteroatoms. The predicted octanol–water partition coefficient (Wildman–Crippen LogP) is 2.98. The van der Waals surface area contributed by atoms with Crippen LogP contribution in [0.2, 0.25) is 0 Å². The van der Waals surface area contributed by atoms with Gasteiger partial charge in [-0.2, -0.15) is 5.10 Å². The standard InChI is InChI=1S/C21H18N2O3/c1-12(18-19(24)14-9-5-6-10-15(14)20(18)25)22-23-21(26)17-11-16(17)13-7-3-2-4-8-13/h2-10,16-18H,11H2,1H3,(H,23,26)/b22-12-/t16-,17-/m0/s1. The van der Waals surface area contributed by atoms with E-state index >= 15 is 0 Å². The summed E-state index contributed by atoms with van der Waals surface area (Å²) < 4.78 is 0. The number of ketones is 2. The molecule has 2 atom stereocenters. The lowest BCUT2D eigenvalue weighted by Crippen LogP contribution is -2.28. The third-order valence-electron chi connectivity index (χ3n) is 5.10. The molecule has 0 aromatic heterocycles. The van der Waals surface area contributed by atoms with Crippen LogP contribution < -0.4 is 5.43 Å². The molecule has 0 radical (unpaired) electrons. The minimum atomic E-state index is -0.933. The lowest BCUT2D eigenvalue weighted by atomic mass is 9.99. The lowest BCUT2D eigenvalue weighted by molar-refractivity contribution is -0.122. The van der Waals surface area contributed by atoms with E-state index in [0.29, 0.717) is 16.8 Å². The van der Waals surface area contributed by atoms with Crippen LogP contribution >= 0.6 is 0 Å². The SMILES string of the molecule is C/C(=N/NC(=O)[C@H]1C[C@H]1c1ccccc1)C1C(=O)c2ccccc2C1=O. The van der Waals surface area contributed by atoms with E-state index < -0.39 is 5.92 Å². The second-order valence-electron chi connectivity index (χ2n) is 6.80. The van der Waals surface area contributed by atoms with Crippen molar-refractivity contribution in [3.05, 3.63) is 71.3 Å². The second kappa shape index (κ2) is 6.33. The van der Waals surface area contributed by atoms with Gasteiger partial charge in [0.05, 0.1) is 5.71 Å². The van der Waals surface area contributed by atoms with E-state index in [-0.39, 0.29) is 29.3 Å². The molecular formula is C21H18N2O3. The number of fused-ring (bicyclic) bond motifs is 1. The van der Waals surface area contributed by atoms with Gasteiger partial charge in [0.2, 0.25) is 5.91 Å². The van der Waals surface area contributed by atoms with Crippen molar-refractivity contribution in [2.24, 2.45) is 16.9 Å². The summed E-state index contributed by atoms with van der Waals surface area (Å²) in [5.41, 5.74) is 4.85. The fourth-order valence-electron chi connectivity index (χ4n) is 3.57. The average Bonchev–Trinajstić information content (AvgIpc) is 3.43. The number of rotatable bonds is 4. The van der Waals surface area contributed by atoms with Crippen molar-refractivity contribution in [1.82, 2.24) is 5.43 Å². The largest absolute Gasteiger partial charge is 0.293 e. The molecule has 2 aromatic rings. The number of hydrazone groups is 1. The van der Waals surface area contributed by atoms with Crippen molar-refractivity contribution in [3.63, 3.8) is 0 Å². The Morgan fingerprint density at radius 1 is 0.962 bits per heavy atom. The minimum absolute atomic E-state index is 0.110. The summed E-state index contributed by atoms with van der Waals surface area (Å²) in [6, 6.07) is 16.7. The summed E-state index contributed by atoms with van der Waals surface area (Å²) in [4.78, 5) is 37.2. The molecule has 0 heterocycles. The van der Waals surface area contributed by atoms with Crippen LogP contribution in [0.1, 0.15) is 45.5 Å². The third kappa shape index (κ3) is 2.75. The zero-order valence-electron chi connectivity index (χ0n) is 14.3. The normalized spacial score (nSPS) is 22.3. The number of carbonyl (C=O) groups is 3. The molecule has 0 saturated heterocycles. The van der Waals surface area contributed by atoms with Gasteiger partial charge < -0.3 is 0 Å². The minimum Gasteiger partial charge on any atom is -0.293 e. The van der Waals surface area contributed by atoms with Crippen LogP contribution in [0.3, 0.4) is 0 Å². The smallest absolute Gasteiger partial charge is 0.243 e. The van der Waals surface area contributed by atoms with Crippen molar-refractivity contribution >= 4 is 23.2 Å². The molecule has 26 heavy (non-hydrogen) atoms. The second-order valence-corrected chi connectivity index (χ2v) is 6.80. The number of nitrogens with zero attached hydrogens (tertiary/aromatic N) is 1. The molecule has 2 aliphatic rings. The molecule has 130 valence electrons. The Balaban J connectivity index is 1.43. The molecule has 1 N–H and O–H groups in total. The van der Waals surface area contributed by atoms with E-state index in [9.17, 15) is 14.4 Å². The first-order valence-corrected chi connectivity index (χ1v) is 8.64. The number of hydrogen-bond acceptors (Lipinski definition) is 4. The Bertz CT molecular complexity index is 898. The van der Waals surface area contributed by atoms with Crippen LogP contribution in [-0.4, -0.2) is 23.2 Å². The molecule has 5 nitrogen and oxygen atoms in total. The van der Waals surface area contributed by atoms with Crippen molar-refractivity contribution in [2.75, 3.05) is 0 Å². The van der Waals surface area contributed by atoms with E-state index in [1.165, 1.54) is 0 Å².